The molecule has 1 aromatic carbocycles. The summed E-state index contributed by atoms with van der Waals surface area (Å²) in [6.45, 7) is 0.643. The second kappa shape index (κ2) is 8.96. The van der Waals surface area contributed by atoms with E-state index in [9.17, 15) is 0 Å². The Labute approximate surface area is 175 Å². The van der Waals surface area contributed by atoms with Crippen LogP contribution in [-0.4, -0.2) is 27.8 Å². The number of methoxy groups -OCH3 is 1. The highest BCUT2D eigenvalue weighted by atomic mass is 16.5. The Morgan fingerprint density at radius 2 is 1.90 bits per heavy atom. The number of aromatic nitrogens is 3. The summed E-state index contributed by atoms with van der Waals surface area (Å²) in [5.41, 5.74) is 4.67. The van der Waals surface area contributed by atoms with Gasteiger partial charge in [-0.1, -0.05) is 36.4 Å². The van der Waals surface area contributed by atoms with Crippen LogP contribution in [0.1, 0.15) is 16.8 Å². The summed E-state index contributed by atoms with van der Waals surface area (Å²) in [7, 11) is 1.60. The fraction of sp³-hybridized carbons (Fsp3) is 0.0833. The zero-order valence-corrected chi connectivity index (χ0v) is 16.5. The Kier molecular flexibility index (Phi) is 5.75. The number of ether oxygens (including phenoxy) is 1. The fourth-order valence-electron chi connectivity index (χ4n) is 3.15. The molecule has 4 rings (SSSR count). The first-order valence-corrected chi connectivity index (χ1v) is 9.53. The van der Waals surface area contributed by atoms with E-state index in [0.717, 1.165) is 22.4 Å². The van der Waals surface area contributed by atoms with Gasteiger partial charge < -0.3 is 15.5 Å². The van der Waals surface area contributed by atoms with Crippen LogP contribution in [0.3, 0.4) is 0 Å². The normalized spacial score (nSPS) is 14.8. The lowest BCUT2D eigenvalue weighted by Gasteiger charge is -2.16. The van der Waals surface area contributed by atoms with Crippen molar-refractivity contribution in [3.05, 3.63) is 108 Å². The molecule has 0 saturated carbocycles. The van der Waals surface area contributed by atoms with Gasteiger partial charge in [0, 0.05) is 41.8 Å². The van der Waals surface area contributed by atoms with E-state index in [1.54, 1.807) is 31.8 Å². The molecule has 2 N–H and O–H groups in total. The SMILES string of the molecule is CO/C(=C1/C=C(c2ccnc(NCc3ccccc3)n2)C=CC1=N)c1cccnc1. The highest BCUT2D eigenvalue weighted by Crippen LogP contribution is 2.28. The van der Waals surface area contributed by atoms with Gasteiger partial charge in [0.15, 0.2) is 0 Å². The van der Waals surface area contributed by atoms with Crippen LogP contribution in [0.5, 0.6) is 0 Å². The molecule has 0 spiro atoms. The van der Waals surface area contributed by atoms with Crippen LogP contribution in [0.15, 0.2) is 90.9 Å². The van der Waals surface area contributed by atoms with Crippen LogP contribution < -0.4 is 5.32 Å². The first-order chi connectivity index (χ1) is 14.7. The lowest BCUT2D eigenvalue weighted by molar-refractivity contribution is 0.368. The third-order valence-corrected chi connectivity index (χ3v) is 4.64. The van der Waals surface area contributed by atoms with E-state index in [1.807, 2.05) is 48.6 Å². The van der Waals surface area contributed by atoms with E-state index in [0.29, 0.717) is 29.5 Å². The molecule has 0 aliphatic heterocycles. The minimum Gasteiger partial charge on any atom is -0.495 e. The maximum atomic E-state index is 8.35. The molecule has 30 heavy (non-hydrogen) atoms. The van der Waals surface area contributed by atoms with Crippen molar-refractivity contribution in [1.82, 2.24) is 15.0 Å². The quantitative estimate of drug-likeness (QED) is 0.600. The Bertz CT molecular complexity index is 1130. The summed E-state index contributed by atoms with van der Waals surface area (Å²) in [5, 5.41) is 11.6. The van der Waals surface area contributed by atoms with Gasteiger partial charge in [-0.15, -0.1) is 0 Å². The molecule has 6 nitrogen and oxygen atoms in total. The average Bonchev–Trinajstić information content (AvgIpc) is 2.81. The molecule has 148 valence electrons. The first kappa shape index (κ1) is 19.3. The Morgan fingerprint density at radius 3 is 2.67 bits per heavy atom. The van der Waals surface area contributed by atoms with Crippen molar-refractivity contribution in [1.29, 1.82) is 5.41 Å². The van der Waals surface area contributed by atoms with Crippen LogP contribution >= 0.6 is 0 Å². The van der Waals surface area contributed by atoms with Crippen molar-refractivity contribution in [2.24, 2.45) is 0 Å². The van der Waals surface area contributed by atoms with Crippen LogP contribution in [-0.2, 0) is 11.3 Å². The topological polar surface area (TPSA) is 83.8 Å². The van der Waals surface area contributed by atoms with Crippen molar-refractivity contribution < 1.29 is 4.74 Å². The van der Waals surface area contributed by atoms with Crippen molar-refractivity contribution in [2.45, 2.75) is 6.54 Å². The summed E-state index contributed by atoms with van der Waals surface area (Å²) in [5.74, 6) is 1.16. The molecule has 1 aliphatic carbocycles. The maximum Gasteiger partial charge on any atom is 0.223 e. The molecule has 3 aromatic rings. The third kappa shape index (κ3) is 4.33. The zero-order chi connectivity index (χ0) is 20.8. The minimum atomic E-state index is 0.371. The summed E-state index contributed by atoms with van der Waals surface area (Å²) in [6, 6.07) is 15.7. The van der Waals surface area contributed by atoms with Crippen molar-refractivity contribution >= 4 is 23.0 Å². The monoisotopic (exact) mass is 395 g/mol. The number of benzene rings is 1. The van der Waals surface area contributed by atoms with E-state index in [2.05, 4.69) is 32.4 Å². The van der Waals surface area contributed by atoms with Gasteiger partial charge in [0.05, 0.1) is 18.5 Å². The van der Waals surface area contributed by atoms with Crippen LogP contribution in [0.25, 0.3) is 11.3 Å². The molecule has 0 radical (unpaired) electrons. The number of hydrogen-bond donors (Lipinski definition) is 2. The molecule has 0 unspecified atom stereocenters. The first-order valence-electron chi connectivity index (χ1n) is 9.53. The number of allylic oxidation sites excluding steroid dienone is 5. The molecule has 6 heteroatoms. The summed E-state index contributed by atoms with van der Waals surface area (Å²) in [4.78, 5) is 13.1. The number of hydrogen-bond acceptors (Lipinski definition) is 6. The number of nitrogens with zero attached hydrogens (tertiary/aromatic N) is 3. The van der Waals surface area contributed by atoms with Gasteiger partial charge >= 0.3 is 0 Å². The molecule has 2 heterocycles. The maximum absolute atomic E-state index is 8.35. The molecule has 0 amide bonds. The Hall–Kier alpha value is -4.06. The van der Waals surface area contributed by atoms with Crippen molar-refractivity contribution in [2.75, 3.05) is 12.4 Å². The van der Waals surface area contributed by atoms with Gasteiger partial charge in [-0.3, -0.25) is 4.98 Å². The van der Waals surface area contributed by atoms with Crippen LogP contribution in [0.4, 0.5) is 5.95 Å². The molecule has 0 saturated heterocycles. The Balaban J connectivity index is 1.63. The highest BCUT2D eigenvalue weighted by Gasteiger charge is 2.17. The second-order valence-electron chi connectivity index (χ2n) is 6.64. The molecule has 0 fully saturated rings. The van der Waals surface area contributed by atoms with E-state index in [4.69, 9.17) is 10.1 Å². The summed E-state index contributed by atoms with van der Waals surface area (Å²) in [6.07, 6.45) is 10.7. The van der Waals surface area contributed by atoms with E-state index < -0.39 is 0 Å². The second-order valence-corrected chi connectivity index (χ2v) is 6.64. The third-order valence-electron chi connectivity index (χ3n) is 4.64. The predicted molar refractivity (Wildman–Crippen MR) is 119 cm³/mol. The molecule has 0 bridgehead atoms. The summed E-state index contributed by atoms with van der Waals surface area (Å²) < 4.78 is 5.62. The Morgan fingerprint density at radius 1 is 1.03 bits per heavy atom. The average molecular weight is 395 g/mol. The summed E-state index contributed by atoms with van der Waals surface area (Å²) >= 11 is 0. The van der Waals surface area contributed by atoms with Gasteiger partial charge in [0.2, 0.25) is 5.95 Å². The smallest absolute Gasteiger partial charge is 0.223 e. The van der Waals surface area contributed by atoms with Gasteiger partial charge in [0.25, 0.3) is 0 Å². The lowest BCUT2D eigenvalue weighted by Crippen LogP contribution is -2.08. The molecule has 0 atom stereocenters. The molecular formula is C24H21N5O. The lowest BCUT2D eigenvalue weighted by atomic mass is 9.95. The van der Waals surface area contributed by atoms with Crippen molar-refractivity contribution in [3.63, 3.8) is 0 Å². The number of pyridine rings is 1. The van der Waals surface area contributed by atoms with Crippen molar-refractivity contribution in [3.8, 4) is 0 Å². The zero-order valence-electron chi connectivity index (χ0n) is 16.5. The number of rotatable bonds is 6. The van der Waals surface area contributed by atoms with Crippen LogP contribution in [0, 0.1) is 5.41 Å². The van der Waals surface area contributed by atoms with Gasteiger partial charge in [-0.2, -0.15) is 0 Å². The standard InChI is InChI=1S/C24H21N5O/c1-30-23(19-8-5-12-26-16-19)20-14-18(9-10-21(20)25)22-11-13-27-24(29-22)28-15-17-6-3-2-4-7-17/h2-14,16,25H,15H2,1H3,(H,27,28,29)/b23-20-,25-21?. The number of anilines is 1. The molecule has 1 aliphatic rings. The van der Waals surface area contributed by atoms with Gasteiger partial charge in [-0.05, 0) is 35.9 Å². The molecular weight excluding hydrogens is 374 g/mol. The predicted octanol–water partition coefficient (Wildman–Crippen LogP) is 4.51. The highest BCUT2D eigenvalue weighted by molar-refractivity contribution is 6.16. The fourth-order valence-corrected chi connectivity index (χ4v) is 3.15. The largest absolute Gasteiger partial charge is 0.495 e. The van der Waals surface area contributed by atoms with E-state index >= 15 is 0 Å². The van der Waals surface area contributed by atoms with Crippen LogP contribution in [0.2, 0.25) is 0 Å². The van der Waals surface area contributed by atoms with E-state index in [1.165, 1.54) is 0 Å². The van der Waals surface area contributed by atoms with Gasteiger partial charge in [0.1, 0.15) is 5.76 Å². The number of nitrogens with one attached hydrogen (secondary N) is 2. The van der Waals surface area contributed by atoms with Gasteiger partial charge in [-0.25, -0.2) is 9.97 Å². The van der Waals surface area contributed by atoms with E-state index in [-0.39, 0.29) is 0 Å². The minimum absolute atomic E-state index is 0.371. The molecule has 2 aromatic heterocycles.